The summed E-state index contributed by atoms with van der Waals surface area (Å²) in [6, 6.07) is 12.9. The number of nitrogens with zero attached hydrogens (tertiary/aromatic N) is 1. The zero-order chi connectivity index (χ0) is 15.9. The largest absolute Gasteiger partial charge is 0.507 e. The van der Waals surface area contributed by atoms with Crippen LogP contribution in [-0.2, 0) is 4.79 Å². The van der Waals surface area contributed by atoms with Crippen LogP contribution in [0.1, 0.15) is 11.1 Å². The van der Waals surface area contributed by atoms with Gasteiger partial charge in [-0.25, -0.2) is 5.43 Å². The molecule has 0 saturated carbocycles. The van der Waals surface area contributed by atoms with Crippen LogP contribution in [0.4, 0.5) is 5.69 Å². The topological polar surface area (TPSA) is 73.7 Å². The molecule has 0 unspecified atom stereocenters. The zero-order valence-corrected chi connectivity index (χ0v) is 14.2. The van der Waals surface area contributed by atoms with Gasteiger partial charge in [0, 0.05) is 5.69 Å². The first-order chi connectivity index (χ1) is 10.5. The first-order valence-corrected chi connectivity index (χ1v) is 7.73. The van der Waals surface area contributed by atoms with E-state index in [-0.39, 0.29) is 18.2 Å². The lowest BCUT2D eigenvalue weighted by Crippen LogP contribution is -2.25. The zero-order valence-electron chi connectivity index (χ0n) is 12.0. The lowest BCUT2D eigenvalue weighted by atomic mass is 10.2. The van der Waals surface area contributed by atoms with E-state index < -0.39 is 0 Å². The number of phenols is 1. The summed E-state index contributed by atoms with van der Waals surface area (Å²) >= 11 is 2.03. The van der Waals surface area contributed by atoms with Gasteiger partial charge in [-0.3, -0.25) is 4.79 Å². The van der Waals surface area contributed by atoms with E-state index in [2.05, 4.69) is 15.8 Å². The molecule has 0 fully saturated rings. The monoisotopic (exact) mass is 409 g/mol. The van der Waals surface area contributed by atoms with Crippen molar-refractivity contribution in [3.05, 3.63) is 57.2 Å². The number of halogens is 1. The van der Waals surface area contributed by atoms with E-state index >= 15 is 0 Å². The number of phenolic OH excluding ortho intramolecular Hbond substituents is 1. The lowest BCUT2D eigenvalue weighted by Gasteiger charge is -2.05. The highest BCUT2D eigenvalue weighted by atomic mass is 127. The van der Waals surface area contributed by atoms with Crippen molar-refractivity contribution >= 4 is 40.4 Å². The number of carbonyl (C=O) groups is 1. The van der Waals surface area contributed by atoms with E-state index in [4.69, 9.17) is 0 Å². The van der Waals surface area contributed by atoms with Crippen molar-refractivity contribution < 1.29 is 9.90 Å². The van der Waals surface area contributed by atoms with Crippen LogP contribution < -0.4 is 10.7 Å². The number of benzene rings is 2. The van der Waals surface area contributed by atoms with Crippen LogP contribution in [0.15, 0.2) is 47.6 Å². The van der Waals surface area contributed by atoms with E-state index in [1.165, 1.54) is 11.8 Å². The van der Waals surface area contributed by atoms with Crippen molar-refractivity contribution in [3.8, 4) is 5.75 Å². The smallest absolute Gasteiger partial charge is 0.259 e. The van der Waals surface area contributed by atoms with Gasteiger partial charge < -0.3 is 10.4 Å². The van der Waals surface area contributed by atoms with Gasteiger partial charge >= 0.3 is 0 Å². The molecule has 2 rings (SSSR count). The molecule has 114 valence electrons. The summed E-state index contributed by atoms with van der Waals surface area (Å²) in [4.78, 5) is 11.7. The maximum Gasteiger partial charge on any atom is 0.259 e. The van der Waals surface area contributed by atoms with Crippen molar-refractivity contribution in [2.75, 3.05) is 11.9 Å². The molecule has 5 nitrogen and oxygen atoms in total. The second-order valence-corrected chi connectivity index (χ2v) is 5.89. The van der Waals surface area contributed by atoms with Crippen LogP contribution in [0.5, 0.6) is 5.75 Å². The highest BCUT2D eigenvalue weighted by Gasteiger charge is 2.00. The molecule has 2 aromatic rings. The number of carbonyl (C=O) groups excluding carboxylic acids is 1. The molecular formula is C16H16IN3O2. The third kappa shape index (κ3) is 5.03. The predicted octanol–water partition coefficient (Wildman–Crippen LogP) is 2.87. The number of hydrazone groups is 1. The molecule has 0 heterocycles. The van der Waals surface area contributed by atoms with Crippen LogP contribution in [-0.4, -0.2) is 23.8 Å². The summed E-state index contributed by atoms with van der Waals surface area (Å²) in [5.74, 6) is -0.00520. The summed E-state index contributed by atoms with van der Waals surface area (Å²) in [7, 11) is 0. The fraction of sp³-hybridized carbons (Fsp3) is 0.125. The van der Waals surface area contributed by atoms with Crippen molar-refractivity contribution in [2.24, 2.45) is 5.10 Å². The molecule has 1 amide bonds. The number of aryl methyl sites for hydroxylation is 1. The molecule has 22 heavy (non-hydrogen) atoms. The van der Waals surface area contributed by atoms with Crippen molar-refractivity contribution in [2.45, 2.75) is 6.92 Å². The van der Waals surface area contributed by atoms with Crippen molar-refractivity contribution in [1.29, 1.82) is 0 Å². The number of rotatable bonds is 5. The van der Waals surface area contributed by atoms with E-state index in [0.717, 1.165) is 14.8 Å². The number of amides is 1. The average molecular weight is 409 g/mol. The molecule has 0 radical (unpaired) electrons. The Labute approximate surface area is 142 Å². The lowest BCUT2D eigenvalue weighted by molar-refractivity contribution is -0.119. The second kappa shape index (κ2) is 7.79. The Morgan fingerprint density at radius 3 is 2.68 bits per heavy atom. The summed E-state index contributed by atoms with van der Waals surface area (Å²) in [6.07, 6.45) is 1.53. The van der Waals surface area contributed by atoms with E-state index in [9.17, 15) is 9.90 Å². The molecule has 0 bridgehead atoms. The quantitative estimate of drug-likeness (QED) is 0.404. The van der Waals surface area contributed by atoms with Crippen LogP contribution in [0.25, 0.3) is 0 Å². The fourth-order valence-electron chi connectivity index (χ4n) is 1.68. The van der Waals surface area contributed by atoms with Crippen LogP contribution in [0.3, 0.4) is 0 Å². The molecular weight excluding hydrogens is 393 g/mol. The first kappa shape index (κ1) is 16.3. The predicted molar refractivity (Wildman–Crippen MR) is 96.2 cm³/mol. The molecule has 0 atom stereocenters. The van der Waals surface area contributed by atoms with Gasteiger partial charge in [0.15, 0.2) is 0 Å². The van der Waals surface area contributed by atoms with Gasteiger partial charge in [0.2, 0.25) is 0 Å². The van der Waals surface area contributed by atoms with Gasteiger partial charge in [0.25, 0.3) is 5.91 Å². The summed E-state index contributed by atoms with van der Waals surface area (Å²) in [6.45, 7) is 2.16. The average Bonchev–Trinajstić information content (AvgIpc) is 2.50. The van der Waals surface area contributed by atoms with Gasteiger partial charge in [0.1, 0.15) is 5.75 Å². The Balaban J connectivity index is 1.80. The highest BCUT2D eigenvalue weighted by molar-refractivity contribution is 14.1. The van der Waals surface area contributed by atoms with Gasteiger partial charge in [-0.15, -0.1) is 0 Å². The number of hydrogen-bond acceptors (Lipinski definition) is 4. The first-order valence-electron chi connectivity index (χ1n) is 6.65. The molecule has 0 aliphatic heterocycles. The van der Waals surface area contributed by atoms with E-state index in [1.54, 1.807) is 18.2 Å². The Hall–Kier alpha value is -2.09. The summed E-state index contributed by atoms with van der Waals surface area (Å²) in [5.41, 5.74) is 5.31. The van der Waals surface area contributed by atoms with Crippen LogP contribution in [0, 0.1) is 10.5 Å². The standard InChI is InChI=1S/C16H16IN3O2/c1-11-2-5-13(6-3-11)18-10-16(22)20-19-9-12-4-7-15(21)14(17)8-12/h2-9,18,21H,10H2,1H3,(H,20,22). The van der Waals surface area contributed by atoms with Crippen molar-refractivity contribution in [1.82, 2.24) is 5.43 Å². The maximum absolute atomic E-state index is 11.7. The molecule has 0 aliphatic carbocycles. The van der Waals surface area contributed by atoms with Gasteiger partial charge in [-0.2, -0.15) is 5.10 Å². The molecule has 0 saturated heterocycles. The summed E-state index contributed by atoms with van der Waals surface area (Å²) < 4.78 is 0.730. The molecule has 0 aromatic heterocycles. The third-order valence-electron chi connectivity index (χ3n) is 2.88. The van der Waals surface area contributed by atoms with E-state index in [1.807, 2.05) is 53.8 Å². The Morgan fingerprint density at radius 1 is 1.27 bits per heavy atom. The fourth-order valence-corrected chi connectivity index (χ4v) is 2.21. The second-order valence-electron chi connectivity index (χ2n) is 4.72. The maximum atomic E-state index is 11.7. The molecule has 2 aromatic carbocycles. The normalized spacial score (nSPS) is 10.6. The highest BCUT2D eigenvalue weighted by Crippen LogP contribution is 2.19. The molecule has 0 aliphatic rings. The molecule has 0 spiro atoms. The van der Waals surface area contributed by atoms with E-state index in [0.29, 0.717) is 0 Å². The Morgan fingerprint density at radius 2 is 2.00 bits per heavy atom. The number of aromatic hydroxyl groups is 1. The minimum Gasteiger partial charge on any atom is -0.507 e. The number of hydrogen-bond donors (Lipinski definition) is 3. The van der Waals surface area contributed by atoms with Crippen LogP contribution >= 0.6 is 22.6 Å². The minimum atomic E-state index is -0.231. The van der Waals surface area contributed by atoms with Crippen LogP contribution in [0.2, 0.25) is 0 Å². The number of nitrogens with one attached hydrogen (secondary N) is 2. The van der Waals surface area contributed by atoms with Gasteiger partial charge in [-0.1, -0.05) is 17.7 Å². The van der Waals surface area contributed by atoms with Gasteiger partial charge in [0.05, 0.1) is 16.3 Å². The van der Waals surface area contributed by atoms with Gasteiger partial charge in [-0.05, 0) is 65.4 Å². The number of anilines is 1. The van der Waals surface area contributed by atoms with Crippen molar-refractivity contribution in [3.63, 3.8) is 0 Å². The SMILES string of the molecule is Cc1ccc(NCC(=O)NN=Cc2ccc(O)c(I)c2)cc1. The molecule has 3 N–H and O–H groups in total. The Kier molecular flexibility index (Phi) is 5.76. The third-order valence-corrected chi connectivity index (χ3v) is 3.74. The molecule has 6 heteroatoms. The minimum absolute atomic E-state index is 0.146. The summed E-state index contributed by atoms with van der Waals surface area (Å²) in [5, 5.41) is 16.3. The Bertz CT molecular complexity index is 684.